The molecule has 39 heavy (non-hydrogen) atoms. The van der Waals surface area contributed by atoms with E-state index >= 15 is 0 Å². The predicted octanol–water partition coefficient (Wildman–Crippen LogP) is 5.93. The molecule has 2 amide bonds. The second kappa shape index (κ2) is 11.5. The molecule has 0 aliphatic carbocycles. The molecule has 204 valence electrons. The molecule has 0 spiro atoms. The van der Waals surface area contributed by atoms with Crippen molar-refractivity contribution in [3.63, 3.8) is 0 Å². The summed E-state index contributed by atoms with van der Waals surface area (Å²) in [6.07, 6.45) is 4.31. The third-order valence-corrected chi connectivity index (χ3v) is 6.88. The maximum atomic E-state index is 13.3. The van der Waals surface area contributed by atoms with Crippen molar-refractivity contribution in [3.05, 3.63) is 76.2 Å². The normalized spacial score (nSPS) is 14.8. The fourth-order valence-corrected chi connectivity index (χ4v) is 4.62. The van der Waals surface area contributed by atoms with Gasteiger partial charge in [0, 0.05) is 37.0 Å². The molecule has 8 nitrogen and oxygen atoms in total. The number of hydrogen-bond donors (Lipinski definition) is 1. The minimum absolute atomic E-state index is 0.171. The molecule has 1 saturated heterocycles. The highest BCUT2D eigenvalue weighted by atomic mass is 35.5. The zero-order valence-corrected chi connectivity index (χ0v) is 23.8. The third-order valence-electron chi connectivity index (χ3n) is 6.60. The number of carbonyl (C=O) groups excluding carboxylic acids is 2. The maximum absolute atomic E-state index is 13.3. The number of ether oxygens (including phenoxy) is 1. The van der Waals surface area contributed by atoms with Crippen LogP contribution in [0.4, 0.5) is 10.6 Å². The van der Waals surface area contributed by atoms with E-state index in [1.54, 1.807) is 15.8 Å². The van der Waals surface area contributed by atoms with Gasteiger partial charge in [-0.3, -0.25) is 9.48 Å². The molecule has 1 aromatic carbocycles. The van der Waals surface area contributed by atoms with Crippen LogP contribution in [-0.2, 0) is 11.3 Å². The zero-order chi connectivity index (χ0) is 28.2. The van der Waals surface area contributed by atoms with Gasteiger partial charge in [-0.2, -0.15) is 5.10 Å². The number of nitrogens with one attached hydrogen (secondary N) is 1. The van der Waals surface area contributed by atoms with E-state index in [0.29, 0.717) is 25.5 Å². The molecule has 0 bridgehead atoms. The van der Waals surface area contributed by atoms with E-state index in [1.165, 1.54) is 6.20 Å². The molecule has 3 aromatic rings. The molecule has 9 heteroatoms. The fraction of sp³-hybridized carbons (Fsp3) is 0.400. The summed E-state index contributed by atoms with van der Waals surface area (Å²) in [4.78, 5) is 31.9. The highest BCUT2D eigenvalue weighted by molar-refractivity contribution is 6.34. The molecule has 2 aromatic heterocycles. The van der Waals surface area contributed by atoms with E-state index in [1.807, 2.05) is 64.1 Å². The van der Waals surface area contributed by atoms with Gasteiger partial charge in [0.25, 0.3) is 5.91 Å². The number of piperidine rings is 1. The highest BCUT2D eigenvalue weighted by Gasteiger charge is 2.35. The first-order chi connectivity index (χ1) is 18.4. The van der Waals surface area contributed by atoms with Crippen molar-refractivity contribution in [2.45, 2.75) is 59.6 Å². The second-order valence-corrected chi connectivity index (χ2v) is 11.6. The summed E-state index contributed by atoms with van der Waals surface area (Å²) < 4.78 is 7.16. The summed E-state index contributed by atoms with van der Waals surface area (Å²) in [6, 6.07) is 11.6. The minimum atomic E-state index is -0.533. The number of aryl methyl sites for hydroxylation is 1. The van der Waals surface area contributed by atoms with Crippen molar-refractivity contribution >= 4 is 29.4 Å². The Balaban J connectivity index is 1.42. The lowest BCUT2D eigenvalue weighted by molar-refractivity contribution is 0.00973. The molecule has 1 aliphatic rings. The molecular formula is C30H34ClN5O3. The van der Waals surface area contributed by atoms with Crippen molar-refractivity contribution in [1.29, 1.82) is 0 Å². The van der Waals surface area contributed by atoms with Gasteiger partial charge in [0.2, 0.25) is 0 Å². The van der Waals surface area contributed by atoms with Gasteiger partial charge in [-0.05, 0) is 69.7 Å². The second-order valence-electron chi connectivity index (χ2n) is 11.2. The van der Waals surface area contributed by atoms with E-state index in [4.69, 9.17) is 16.3 Å². The monoisotopic (exact) mass is 547 g/mol. The van der Waals surface area contributed by atoms with Crippen LogP contribution in [0.1, 0.15) is 67.7 Å². The van der Waals surface area contributed by atoms with Gasteiger partial charge < -0.3 is 15.0 Å². The van der Waals surface area contributed by atoms with Crippen molar-refractivity contribution in [1.82, 2.24) is 19.7 Å². The Hall–Kier alpha value is -3.83. The van der Waals surface area contributed by atoms with Gasteiger partial charge in [0.05, 0.1) is 11.2 Å². The SMILES string of the molecule is Cc1cc(C#Cc2ccccc2)cnc1NC(=O)c1c(Cl)cnn1CC1(C)CCN(C(=O)OC(C)(C)C)CC1. The largest absolute Gasteiger partial charge is 0.444 e. The zero-order valence-electron chi connectivity index (χ0n) is 23.0. The molecule has 0 radical (unpaired) electrons. The van der Waals surface area contributed by atoms with E-state index in [0.717, 1.165) is 29.5 Å². The van der Waals surface area contributed by atoms with E-state index < -0.39 is 5.60 Å². The molecule has 0 saturated carbocycles. The molecule has 3 heterocycles. The minimum Gasteiger partial charge on any atom is -0.444 e. The van der Waals surface area contributed by atoms with Crippen LogP contribution in [0.2, 0.25) is 5.02 Å². The van der Waals surface area contributed by atoms with Gasteiger partial charge in [0.1, 0.15) is 17.1 Å². The van der Waals surface area contributed by atoms with Crippen LogP contribution in [0.15, 0.2) is 48.8 Å². The van der Waals surface area contributed by atoms with Crippen LogP contribution in [0, 0.1) is 24.2 Å². The number of likely N-dealkylation sites (tertiary alicyclic amines) is 1. The van der Waals surface area contributed by atoms with Gasteiger partial charge in [-0.15, -0.1) is 0 Å². The first-order valence-corrected chi connectivity index (χ1v) is 13.3. The highest BCUT2D eigenvalue weighted by Crippen LogP contribution is 2.34. The number of anilines is 1. The van der Waals surface area contributed by atoms with E-state index in [2.05, 4.69) is 34.2 Å². The van der Waals surface area contributed by atoms with Crippen molar-refractivity contribution in [2.75, 3.05) is 18.4 Å². The topological polar surface area (TPSA) is 89.4 Å². The van der Waals surface area contributed by atoms with Crippen molar-refractivity contribution in [2.24, 2.45) is 5.41 Å². The Kier molecular flexibility index (Phi) is 8.31. The number of hydrogen-bond acceptors (Lipinski definition) is 5. The third kappa shape index (κ3) is 7.39. The summed E-state index contributed by atoms with van der Waals surface area (Å²) in [5.41, 5.74) is 2.03. The van der Waals surface area contributed by atoms with Crippen molar-refractivity contribution < 1.29 is 14.3 Å². The Morgan fingerprint density at radius 3 is 2.41 bits per heavy atom. The first-order valence-electron chi connectivity index (χ1n) is 13.0. The predicted molar refractivity (Wildman–Crippen MR) is 152 cm³/mol. The lowest BCUT2D eigenvalue weighted by Crippen LogP contribution is -2.45. The van der Waals surface area contributed by atoms with Gasteiger partial charge in [-0.25, -0.2) is 9.78 Å². The summed E-state index contributed by atoms with van der Waals surface area (Å²) in [6.45, 7) is 11.2. The van der Waals surface area contributed by atoms with Crippen LogP contribution in [0.25, 0.3) is 0 Å². The lowest BCUT2D eigenvalue weighted by atomic mass is 9.80. The number of nitrogens with zero attached hydrogens (tertiary/aromatic N) is 4. The number of halogens is 1. The van der Waals surface area contributed by atoms with Gasteiger partial charge in [-0.1, -0.05) is 48.6 Å². The average Bonchev–Trinajstić information content (AvgIpc) is 3.23. The van der Waals surface area contributed by atoms with Crippen LogP contribution in [0.3, 0.4) is 0 Å². The fourth-order valence-electron chi connectivity index (χ4n) is 4.39. The summed E-state index contributed by atoms with van der Waals surface area (Å²) in [5, 5.41) is 7.53. The molecule has 0 atom stereocenters. The Morgan fingerprint density at radius 2 is 1.77 bits per heavy atom. The average molecular weight is 548 g/mol. The molecular weight excluding hydrogens is 514 g/mol. The lowest BCUT2D eigenvalue weighted by Gasteiger charge is -2.39. The van der Waals surface area contributed by atoms with Crippen LogP contribution >= 0.6 is 11.6 Å². The van der Waals surface area contributed by atoms with Gasteiger partial charge >= 0.3 is 6.09 Å². The van der Waals surface area contributed by atoms with Crippen LogP contribution in [-0.4, -0.2) is 50.4 Å². The quantitative estimate of drug-likeness (QED) is 0.409. The molecule has 1 fully saturated rings. The maximum Gasteiger partial charge on any atom is 0.410 e. The Labute approximate surface area is 234 Å². The first kappa shape index (κ1) is 28.2. The Bertz CT molecular complexity index is 1410. The standard InChI is InChI=1S/C30H34ClN5O3/c1-21-17-23(12-11-22-9-7-6-8-10-22)18-32-26(21)34-27(37)25-24(31)19-33-36(25)20-30(5)13-15-35(16-14-30)28(38)39-29(2,3)4/h6-10,17-19H,13-16,20H2,1-5H3,(H,32,34,37). The smallest absolute Gasteiger partial charge is 0.410 e. The van der Waals surface area contributed by atoms with Gasteiger partial charge in [0.15, 0.2) is 0 Å². The molecule has 1 N–H and O–H groups in total. The summed E-state index contributed by atoms with van der Waals surface area (Å²) >= 11 is 6.41. The summed E-state index contributed by atoms with van der Waals surface area (Å²) in [5.74, 6) is 6.27. The van der Waals surface area contributed by atoms with E-state index in [-0.39, 0.29) is 28.1 Å². The van der Waals surface area contributed by atoms with E-state index in [9.17, 15) is 9.59 Å². The summed E-state index contributed by atoms with van der Waals surface area (Å²) in [7, 11) is 0. The van der Waals surface area contributed by atoms with Crippen LogP contribution in [0.5, 0.6) is 0 Å². The number of aromatic nitrogens is 3. The number of carbonyl (C=O) groups is 2. The number of benzene rings is 1. The number of pyridine rings is 1. The number of amides is 2. The molecule has 1 aliphatic heterocycles. The molecule has 0 unspecified atom stereocenters. The van der Waals surface area contributed by atoms with Crippen molar-refractivity contribution in [3.8, 4) is 11.8 Å². The Morgan fingerprint density at radius 1 is 1.10 bits per heavy atom. The van der Waals surface area contributed by atoms with Crippen LogP contribution < -0.4 is 5.32 Å². The number of rotatable bonds is 4. The molecule has 4 rings (SSSR count).